The monoisotopic (exact) mass is 159 g/mol. The van der Waals surface area contributed by atoms with Gasteiger partial charge in [-0.25, -0.2) is 0 Å². The molecule has 0 unspecified atom stereocenters. The van der Waals surface area contributed by atoms with Crippen molar-refractivity contribution >= 4 is 11.7 Å². The number of carbonyl (C=O) groups is 2. The molecule has 0 aliphatic carbocycles. The van der Waals surface area contributed by atoms with Crippen molar-refractivity contribution in [1.82, 2.24) is 5.32 Å². The Labute approximate surface area is 68.7 Å². The predicted molar refractivity (Wildman–Crippen MR) is 45.3 cm³/mol. The highest BCUT2D eigenvalue weighted by atomic mass is 16.2. The molecule has 0 aromatic rings. The van der Waals surface area contributed by atoms with Gasteiger partial charge in [0, 0.05) is 14.3 Å². The Morgan fingerprint density at radius 2 is 2.45 bits per heavy atom. The number of carbonyl (C=O) groups excluding carboxylic acids is 2. The SMILES string of the molecule is C.CCC(=O)[C@H]1CCC(=O)N1.[HH]. The lowest BCUT2D eigenvalue weighted by atomic mass is 10.1. The van der Waals surface area contributed by atoms with E-state index >= 15 is 0 Å². The molecule has 1 rings (SSSR count). The molecule has 1 N–H and O–H groups in total. The molecule has 1 atom stereocenters. The summed E-state index contributed by atoms with van der Waals surface area (Å²) in [5.41, 5.74) is 0. The minimum absolute atomic E-state index is 0. The van der Waals surface area contributed by atoms with E-state index in [9.17, 15) is 9.59 Å². The summed E-state index contributed by atoms with van der Waals surface area (Å²) in [5.74, 6) is 0.151. The van der Waals surface area contributed by atoms with Crippen LogP contribution >= 0.6 is 0 Å². The van der Waals surface area contributed by atoms with Crippen molar-refractivity contribution in [1.29, 1.82) is 0 Å². The second-order valence-electron chi connectivity index (χ2n) is 2.48. The molecule has 0 saturated carbocycles. The Balaban J connectivity index is 0. The molecule has 0 bridgehead atoms. The lowest BCUT2D eigenvalue weighted by Gasteiger charge is -2.04. The molecule has 11 heavy (non-hydrogen) atoms. The van der Waals surface area contributed by atoms with Gasteiger partial charge in [0.25, 0.3) is 0 Å². The van der Waals surface area contributed by atoms with Crippen molar-refractivity contribution < 1.29 is 11.0 Å². The van der Waals surface area contributed by atoms with Crippen LogP contribution in [0.25, 0.3) is 0 Å². The second kappa shape index (κ2) is 4.11. The number of nitrogens with one attached hydrogen (secondary N) is 1. The largest absolute Gasteiger partial charge is 0.346 e. The van der Waals surface area contributed by atoms with E-state index in [-0.39, 0.29) is 26.6 Å². The Kier molecular flexibility index (Phi) is 3.79. The number of hydrogen-bond acceptors (Lipinski definition) is 2. The fourth-order valence-corrected chi connectivity index (χ4v) is 1.10. The predicted octanol–water partition coefficient (Wildman–Crippen LogP) is 1.13. The van der Waals surface area contributed by atoms with Crippen molar-refractivity contribution in [2.75, 3.05) is 0 Å². The summed E-state index contributed by atoms with van der Waals surface area (Å²) >= 11 is 0. The maximum absolute atomic E-state index is 10.9. The van der Waals surface area contributed by atoms with Crippen molar-refractivity contribution in [3.05, 3.63) is 0 Å². The lowest BCUT2D eigenvalue weighted by molar-refractivity contribution is -0.124. The third-order valence-electron chi connectivity index (χ3n) is 1.73. The van der Waals surface area contributed by atoms with Gasteiger partial charge in [-0.05, 0) is 6.42 Å². The van der Waals surface area contributed by atoms with E-state index in [1.54, 1.807) is 0 Å². The molecule has 1 amide bonds. The smallest absolute Gasteiger partial charge is 0.220 e. The van der Waals surface area contributed by atoms with Crippen molar-refractivity contribution in [3.8, 4) is 0 Å². The second-order valence-corrected chi connectivity index (χ2v) is 2.48. The van der Waals surface area contributed by atoms with Crippen molar-refractivity contribution in [3.63, 3.8) is 0 Å². The van der Waals surface area contributed by atoms with Gasteiger partial charge in [0.15, 0.2) is 5.78 Å². The maximum atomic E-state index is 10.9. The molecule has 1 aliphatic heterocycles. The Bertz CT molecular complexity index is 170. The van der Waals surface area contributed by atoms with Gasteiger partial charge in [-0.2, -0.15) is 0 Å². The van der Waals surface area contributed by atoms with Gasteiger partial charge in [-0.15, -0.1) is 0 Å². The number of amides is 1. The lowest BCUT2D eigenvalue weighted by Crippen LogP contribution is -2.32. The first-order chi connectivity index (χ1) is 4.74. The van der Waals surface area contributed by atoms with Gasteiger partial charge >= 0.3 is 0 Å². The van der Waals surface area contributed by atoms with Crippen LogP contribution in [-0.2, 0) is 9.59 Å². The number of hydrogen-bond donors (Lipinski definition) is 1. The molecular weight excluding hydrogens is 142 g/mol. The Morgan fingerprint density at radius 1 is 1.82 bits per heavy atom. The van der Waals surface area contributed by atoms with E-state index < -0.39 is 0 Å². The van der Waals surface area contributed by atoms with Crippen LogP contribution in [0.1, 0.15) is 35.0 Å². The summed E-state index contributed by atoms with van der Waals surface area (Å²) in [6, 6.07) is -0.183. The molecule has 1 fully saturated rings. The van der Waals surface area contributed by atoms with Gasteiger partial charge in [-0.3, -0.25) is 9.59 Å². The number of Topliss-reactive ketones (excluding diaryl/α,β-unsaturated/α-hetero) is 1. The minimum Gasteiger partial charge on any atom is -0.346 e. The summed E-state index contributed by atoms with van der Waals surface area (Å²) in [4.78, 5) is 21.6. The third-order valence-corrected chi connectivity index (χ3v) is 1.73. The van der Waals surface area contributed by atoms with Gasteiger partial charge in [0.1, 0.15) is 0 Å². The zero-order valence-corrected chi connectivity index (χ0v) is 6.02. The molecule has 0 aromatic heterocycles. The van der Waals surface area contributed by atoms with E-state index in [0.717, 1.165) is 0 Å². The molecule has 3 heteroatoms. The summed E-state index contributed by atoms with van der Waals surface area (Å²) in [6.07, 6.45) is 1.72. The normalized spacial score (nSPS) is 22.3. The summed E-state index contributed by atoms with van der Waals surface area (Å²) in [6.45, 7) is 1.81. The Morgan fingerprint density at radius 3 is 2.82 bits per heavy atom. The molecular formula is C8H17NO2. The fraction of sp³-hybridized carbons (Fsp3) is 0.750. The standard InChI is InChI=1S/C7H11NO2.CH4.H2/c1-2-6(9)5-3-4-7(10)8-5;;/h5H,2-4H2,1H3,(H,8,10);1H4;1H/t5-;;/m1../s1. The van der Waals surface area contributed by atoms with E-state index in [1.165, 1.54) is 0 Å². The van der Waals surface area contributed by atoms with E-state index in [1.807, 2.05) is 6.92 Å². The van der Waals surface area contributed by atoms with E-state index in [0.29, 0.717) is 19.3 Å². The van der Waals surface area contributed by atoms with Crippen LogP contribution in [0.5, 0.6) is 0 Å². The van der Waals surface area contributed by atoms with Gasteiger partial charge < -0.3 is 5.32 Å². The topological polar surface area (TPSA) is 46.2 Å². The average Bonchev–Trinajstić information content (AvgIpc) is 2.34. The molecule has 1 aliphatic rings. The minimum atomic E-state index is -0.183. The van der Waals surface area contributed by atoms with E-state index in [4.69, 9.17) is 0 Å². The van der Waals surface area contributed by atoms with Crippen LogP contribution in [0, 0.1) is 0 Å². The van der Waals surface area contributed by atoms with Gasteiger partial charge in [-0.1, -0.05) is 14.4 Å². The van der Waals surface area contributed by atoms with Crippen molar-refractivity contribution in [2.45, 2.75) is 39.7 Å². The summed E-state index contributed by atoms with van der Waals surface area (Å²) in [7, 11) is 0. The molecule has 3 nitrogen and oxygen atoms in total. The fourth-order valence-electron chi connectivity index (χ4n) is 1.10. The number of rotatable bonds is 2. The first-order valence-electron chi connectivity index (χ1n) is 3.56. The van der Waals surface area contributed by atoms with E-state index in [2.05, 4.69) is 5.32 Å². The molecule has 0 radical (unpaired) electrons. The molecule has 1 saturated heterocycles. The van der Waals surface area contributed by atoms with Crippen LogP contribution in [-0.4, -0.2) is 17.7 Å². The number of ketones is 1. The van der Waals surface area contributed by atoms with Crippen LogP contribution in [0.2, 0.25) is 0 Å². The third kappa shape index (κ3) is 2.33. The zero-order chi connectivity index (χ0) is 7.56. The van der Waals surface area contributed by atoms with Gasteiger partial charge in [0.2, 0.25) is 5.91 Å². The summed E-state index contributed by atoms with van der Waals surface area (Å²) < 4.78 is 0. The average molecular weight is 159 g/mol. The Hall–Kier alpha value is -0.860. The molecule has 0 spiro atoms. The van der Waals surface area contributed by atoms with Crippen LogP contribution in [0.15, 0.2) is 0 Å². The maximum Gasteiger partial charge on any atom is 0.220 e. The van der Waals surface area contributed by atoms with Crippen LogP contribution in [0.3, 0.4) is 0 Å². The summed E-state index contributed by atoms with van der Waals surface area (Å²) in [5, 5.41) is 2.62. The van der Waals surface area contributed by atoms with Gasteiger partial charge in [0.05, 0.1) is 6.04 Å². The highest BCUT2D eigenvalue weighted by molar-refractivity contribution is 5.91. The van der Waals surface area contributed by atoms with Crippen molar-refractivity contribution in [2.24, 2.45) is 0 Å². The van der Waals surface area contributed by atoms with Crippen LogP contribution < -0.4 is 5.32 Å². The first kappa shape index (κ1) is 10.1. The first-order valence-corrected chi connectivity index (χ1v) is 3.56. The highest BCUT2D eigenvalue weighted by Gasteiger charge is 2.25. The van der Waals surface area contributed by atoms with Crippen LogP contribution in [0.4, 0.5) is 0 Å². The quantitative estimate of drug-likeness (QED) is 0.656. The molecule has 66 valence electrons. The highest BCUT2D eigenvalue weighted by Crippen LogP contribution is 2.08. The zero-order valence-electron chi connectivity index (χ0n) is 6.02. The molecule has 1 heterocycles. The molecule has 0 aromatic carbocycles.